The fourth-order valence-corrected chi connectivity index (χ4v) is 3.42. The standard InChI is InChI=1S/C22H29N3O/c1-19(21-10-6-3-7-11-21)23-22(26)18-25-16-14-24(15-17-25)13-12-20-8-4-2-5-9-20/h2-11,19H,12-18H2,1H3,(H,23,26)/t19-/m1/s1. The molecule has 0 bridgehead atoms. The average molecular weight is 351 g/mol. The summed E-state index contributed by atoms with van der Waals surface area (Å²) < 4.78 is 0. The number of rotatable bonds is 7. The molecular weight excluding hydrogens is 322 g/mol. The predicted molar refractivity (Wildman–Crippen MR) is 106 cm³/mol. The number of hydrogen-bond donors (Lipinski definition) is 1. The Hall–Kier alpha value is -2.17. The minimum atomic E-state index is 0.0517. The Morgan fingerprint density at radius 1 is 0.923 bits per heavy atom. The van der Waals surface area contributed by atoms with Crippen LogP contribution in [0, 0.1) is 0 Å². The van der Waals surface area contributed by atoms with E-state index in [9.17, 15) is 4.79 Å². The van der Waals surface area contributed by atoms with E-state index in [0.29, 0.717) is 6.54 Å². The van der Waals surface area contributed by atoms with Crippen LogP contribution in [0.25, 0.3) is 0 Å². The fourth-order valence-electron chi connectivity index (χ4n) is 3.42. The third-order valence-corrected chi connectivity index (χ3v) is 5.07. The summed E-state index contributed by atoms with van der Waals surface area (Å²) in [6, 6.07) is 20.8. The summed E-state index contributed by atoms with van der Waals surface area (Å²) in [4.78, 5) is 17.1. The van der Waals surface area contributed by atoms with Crippen LogP contribution in [0.2, 0.25) is 0 Å². The van der Waals surface area contributed by atoms with Gasteiger partial charge in [-0.2, -0.15) is 0 Å². The number of hydrogen-bond acceptors (Lipinski definition) is 3. The van der Waals surface area contributed by atoms with Crippen molar-refractivity contribution >= 4 is 5.91 Å². The van der Waals surface area contributed by atoms with Gasteiger partial charge in [-0.15, -0.1) is 0 Å². The van der Waals surface area contributed by atoms with Crippen LogP contribution in [0.1, 0.15) is 24.1 Å². The zero-order chi connectivity index (χ0) is 18.2. The molecule has 0 saturated carbocycles. The molecule has 0 unspecified atom stereocenters. The first-order valence-corrected chi connectivity index (χ1v) is 9.53. The van der Waals surface area contributed by atoms with Gasteiger partial charge in [0.1, 0.15) is 0 Å². The van der Waals surface area contributed by atoms with Crippen molar-refractivity contribution < 1.29 is 4.79 Å². The molecular formula is C22H29N3O. The summed E-state index contributed by atoms with van der Waals surface area (Å²) in [5, 5.41) is 3.11. The number of carbonyl (C=O) groups excluding carboxylic acids is 1. The highest BCUT2D eigenvalue weighted by Gasteiger charge is 2.19. The predicted octanol–water partition coefficient (Wildman–Crippen LogP) is 2.72. The van der Waals surface area contributed by atoms with E-state index in [1.54, 1.807) is 0 Å². The molecule has 1 aliphatic rings. The molecule has 0 aromatic heterocycles. The van der Waals surface area contributed by atoms with E-state index in [4.69, 9.17) is 0 Å². The van der Waals surface area contributed by atoms with Crippen LogP contribution in [0.3, 0.4) is 0 Å². The molecule has 0 aliphatic carbocycles. The van der Waals surface area contributed by atoms with Gasteiger partial charge >= 0.3 is 0 Å². The van der Waals surface area contributed by atoms with Crippen LogP contribution >= 0.6 is 0 Å². The lowest BCUT2D eigenvalue weighted by atomic mass is 10.1. The fraction of sp³-hybridized carbons (Fsp3) is 0.409. The second-order valence-corrected chi connectivity index (χ2v) is 7.05. The van der Waals surface area contributed by atoms with Gasteiger partial charge in [0.05, 0.1) is 12.6 Å². The lowest BCUT2D eigenvalue weighted by molar-refractivity contribution is -0.123. The van der Waals surface area contributed by atoms with Gasteiger partial charge in [0, 0.05) is 32.7 Å². The summed E-state index contributed by atoms with van der Waals surface area (Å²) in [7, 11) is 0. The first-order valence-electron chi connectivity index (χ1n) is 9.53. The van der Waals surface area contributed by atoms with Crippen LogP contribution in [0.15, 0.2) is 60.7 Å². The van der Waals surface area contributed by atoms with E-state index in [0.717, 1.165) is 44.7 Å². The second kappa shape index (κ2) is 9.51. The van der Waals surface area contributed by atoms with Crippen molar-refractivity contribution in [3.63, 3.8) is 0 Å². The molecule has 0 radical (unpaired) electrons. The van der Waals surface area contributed by atoms with Crippen LogP contribution in [-0.2, 0) is 11.2 Å². The monoisotopic (exact) mass is 351 g/mol. The van der Waals surface area contributed by atoms with Gasteiger partial charge in [0.2, 0.25) is 5.91 Å². The Balaban J connectivity index is 1.36. The lowest BCUT2D eigenvalue weighted by Crippen LogP contribution is -2.50. The Bertz CT molecular complexity index is 666. The van der Waals surface area contributed by atoms with Crippen LogP contribution in [0.4, 0.5) is 0 Å². The molecule has 1 fully saturated rings. The van der Waals surface area contributed by atoms with Gasteiger partial charge in [-0.1, -0.05) is 60.7 Å². The quantitative estimate of drug-likeness (QED) is 0.833. The topological polar surface area (TPSA) is 35.6 Å². The number of piperazine rings is 1. The Morgan fingerprint density at radius 3 is 2.15 bits per heavy atom. The summed E-state index contributed by atoms with van der Waals surface area (Å²) in [6.07, 6.45) is 1.09. The third-order valence-electron chi connectivity index (χ3n) is 5.07. The van der Waals surface area contributed by atoms with Crippen LogP contribution < -0.4 is 5.32 Å². The first-order chi connectivity index (χ1) is 12.7. The van der Waals surface area contributed by atoms with Crippen LogP contribution in [-0.4, -0.2) is 55.0 Å². The number of nitrogens with zero attached hydrogens (tertiary/aromatic N) is 2. The van der Waals surface area contributed by atoms with Crippen molar-refractivity contribution in [3.8, 4) is 0 Å². The van der Waals surface area contributed by atoms with Crippen molar-refractivity contribution in [1.82, 2.24) is 15.1 Å². The van der Waals surface area contributed by atoms with Crippen molar-refractivity contribution in [2.24, 2.45) is 0 Å². The summed E-state index contributed by atoms with van der Waals surface area (Å²) in [5.41, 5.74) is 2.54. The molecule has 1 amide bonds. The van der Waals surface area contributed by atoms with Gasteiger partial charge in [-0.3, -0.25) is 9.69 Å². The highest BCUT2D eigenvalue weighted by atomic mass is 16.2. The largest absolute Gasteiger partial charge is 0.348 e. The highest BCUT2D eigenvalue weighted by molar-refractivity contribution is 5.78. The van der Waals surface area contributed by atoms with E-state index in [1.807, 2.05) is 25.1 Å². The van der Waals surface area contributed by atoms with Crippen molar-refractivity contribution in [3.05, 3.63) is 71.8 Å². The summed E-state index contributed by atoms with van der Waals surface area (Å²) in [5.74, 6) is 0.110. The number of amides is 1. The summed E-state index contributed by atoms with van der Waals surface area (Å²) >= 11 is 0. The zero-order valence-corrected chi connectivity index (χ0v) is 15.6. The molecule has 1 atom stereocenters. The molecule has 4 heteroatoms. The van der Waals surface area contributed by atoms with Crippen molar-refractivity contribution in [1.29, 1.82) is 0 Å². The van der Waals surface area contributed by atoms with Gasteiger partial charge in [-0.05, 0) is 24.5 Å². The SMILES string of the molecule is C[C@@H](NC(=O)CN1CCN(CCc2ccccc2)CC1)c1ccccc1. The average Bonchev–Trinajstić information content (AvgIpc) is 2.69. The minimum Gasteiger partial charge on any atom is -0.348 e. The number of benzene rings is 2. The van der Waals surface area contributed by atoms with E-state index in [-0.39, 0.29) is 11.9 Å². The normalized spacial score (nSPS) is 17.0. The van der Waals surface area contributed by atoms with E-state index in [2.05, 4.69) is 57.6 Å². The number of nitrogens with one attached hydrogen (secondary N) is 1. The maximum atomic E-state index is 12.3. The van der Waals surface area contributed by atoms with Crippen LogP contribution in [0.5, 0.6) is 0 Å². The maximum Gasteiger partial charge on any atom is 0.234 e. The maximum absolute atomic E-state index is 12.3. The summed E-state index contributed by atoms with van der Waals surface area (Å²) in [6.45, 7) is 7.61. The molecule has 1 saturated heterocycles. The lowest BCUT2D eigenvalue weighted by Gasteiger charge is -2.34. The molecule has 138 valence electrons. The minimum absolute atomic E-state index is 0.0517. The Labute approximate surface area is 156 Å². The highest BCUT2D eigenvalue weighted by Crippen LogP contribution is 2.11. The third kappa shape index (κ3) is 5.68. The number of carbonyl (C=O) groups is 1. The molecule has 3 rings (SSSR count). The molecule has 1 N–H and O–H groups in total. The van der Waals surface area contributed by atoms with E-state index >= 15 is 0 Å². The first kappa shape index (κ1) is 18.6. The molecule has 2 aromatic carbocycles. The van der Waals surface area contributed by atoms with Gasteiger partial charge < -0.3 is 10.2 Å². The second-order valence-electron chi connectivity index (χ2n) is 7.05. The van der Waals surface area contributed by atoms with Gasteiger partial charge in [-0.25, -0.2) is 0 Å². The van der Waals surface area contributed by atoms with Gasteiger partial charge in [0.15, 0.2) is 0 Å². The zero-order valence-electron chi connectivity index (χ0n) is 15.6. The smallest absolute Gasteiger partial charge is 0.234 e. The molecule has 1 aliphatic heterocycles. The molecule has 4 nitrogen and oxygen atoms in total. The molecule has 26 heavy (non-hydrogen) atoms. The van der Waals surface area contributed by atoms with E-state index < -0.39 is 0 Å². The Morgan fingerprint density at radius 2 is 1.50 bits per heavy atom. The molecule has 2 aromatic rings. The van der Waals surface area contributed by atoms with Crippen molar-refractivity contribution in [2.45, 2.75) is 19.4 Å². The molecule has 0 spiro atoms. The van der Waals surface area contributed by atoms with Crippen molar-refractivity contribution in [2.75, 3.05) is 39.3 Å². The van der Waals surface area contributed by atoms with Gasteiger partial charge in [0.25, 0.3) is 0 Å². The Kier molecular flexibility index (Phi) is 6.81. The molecule has 1 heterocycles. The van der Waals surface area contributed by atoms with E-state index in [1.165, 1.54) is 5.56 Å².